The average molecular weight is 415 g/mol. The first-order valence-electron chi connectivity index (χ1n) is 10.1. The summed E-state index contributed by atoms with van der Waals surface area (Å²) in [5, 5.41) is 3.70. The van der Waals surface area contributed by atoms with E-state index >= 15 is 0 Å². The van der Waals surface area contributed by atoms with Gasteiger partial charge in [-0.15, -0.1) is 0 Å². The van der Waals surface area contributed by atoms with Gasteiger partial charge in [-0.05, 0) is 48.1 Å². The molecule has 0 amide bonds. The number of cyclic esters (lactones) is 1. The number of furan rings is 1. The molecule has 0 spiro atoms. The number of nitrogens with zero attached hydrogens (tertiary/aromatic N) is 3. The maximum absolute atomic E-state index is 13.6. The molecule has 4 rings (SSSR count). The summed E-state index contributed by atoms with van der Waals surface area (Å²) in [7, 11) is 1.32. The Hall–Kier alpha value is -2.80. The molecule has 7 atom stereocenters. The van der Waals surface area contributed by atoms with Crippen molar-refractivity contribution in [3.8, 4) is 0 Å². The molecule has 9 nitrogen and oxygen atoms in total. The van der Waals surface area contributed by atoms with Crippen molar-refractivity contribution in [1.82, 2.24) is 0 Å². The number of ether oxygens (including phenoxy) is 2. The minimum atomic E-state index is -0.960. The number of carbonyl (C=O) groups excluding carboxylic acids is 3. The van der Waals surface area contributed by atoms with Gasteiger partial charge in [0.15, 0.2) is 0 Å². The maximum Gasteiger partial charge on any atom is 0.310 e. The average Bonchev–Trinajstić information content (AvgIpc) is 3.23. The molecule has 30 heavy (non-hydrogen) atoms. The van der Waals surface area contributed by atoms with Gasteiger partial charge in [-0.1, -0.05) is 19.0 Å². The Bertz CT molecular complexity index is 923. The van der Waals surface area contributed by atoms with Crippen molar-refractivity contribution in [1.29, 1.82) is 0 Å². The number of hydrogen-bond donors (Lipinski definition) is 0. The van der Waals surface area contributed by atoms with Crippen molar-refractivity contribution >= 4 is 17.7 Å². The summed E-state index contributed by atoms with van der Waals surface area (Å²) in [4.78, 5) is 42.1. The second-order valence-corrected chi connectivity index (χ2v) is 9.16. The van der Waals surface area contributed by atoms with Gasteiger partial charge in [0.25, 0.3) is 0 Å². The number of esters is 2. The number of carbonyl (C=O) groups is 3. The third-order valence-electron chi connectivity index (χ3n) is 7.71. The molecular weight excluding hydrogens is 390 g/mol. The Kier molecular flexibility index (Phi) is 4.89. The second-order valence-electron chi connectivity index (χ2n) is 9.16. The molecule has 3 fully saturated rings. The molecule has 160 valence electrons. The number of rotatable bonds is 3. The van der Waals surface area contributed by atoms with Gasteiger partial charge in [0, 0.05) is 16.4 Å². The summed E-state index contributed by atoms with van der Waals surface area (Å²) >= 11 is 0. The minimum absolute atomic E-state index is 0.124. The van der Waals surface area contributed by atoms with Crippen molar-refractivity contribution in [2.45, 2.75) is 51.7 Å². The Morgan fingerprint density at radius 3 is 2.73 bits per heavy atom. The van der Waals surface area contributed by atoms with Crippen LogP contribution in [0, 0.1) is 28.6 Å². The fourth-order valence-corrected chi connectivity index (χ4v) is 6.34. The quantitative estimate of drug-likeness (QED) is 0.320. The Morgan fingerprint density at radius 1 is 1.33 bits per heavy atom. The summed E-state index contributed by atoms with van der Waals surface area (Å²) in [6.07, 6.45) is 4.09. The summed E-state index contributed by atoms with van der Waals surface area (Å²) in [5.74, 6) is -2.66. The van der Waals surface area contributed by atoms with Crippen LogP contribution in [0.15, 0.2) is 28.1 Å². The van der Waals surface area contributed by atoms with E-state index in [0.29, 0.717) is 19.3 Å². The molecule has 9 heteroatoms. The zero-order chi connectivity index (χ0) is 21.7. The van der Waals surface area contributed by atoms with Crippen LogP contribution in [-0.2, 0) is 23.9 Å². The van der Waals surface area contributed by atoms with Gasteiger partial charge >= 0.3 is 11.9 Å². The van der Waals surface area contributed by atoms with Crippen LogP contribution in [0.5, 0.6) is 0 Å². The number of azide groups is 1. The monoisotopic (exact) mass is 415 g/mol. The van der Waals surface area contributed by atoms with Crippen LogP contribution in [0.4, 0.5) is 0 Å². The van der Waals surface area contributed by atoms with E-state index in [1.54, 1.807) is 6.07 Å². The summed E-state index contributed by atoms with van der Waals surface area (Å²) in [6, 6.07) is 0.782. The highest BCUT2D eigenvalue weighted by molar-refractivity contribution is 5.92. The van der Waals surface area contributed by atoms with Crippen molar-refractivity contribution in [2.75, 3.05) is 7.11 Å². The maximum atomic E-state index is 13.6. The Labute approximate surface area is 173 Å². The fraction of sp³-hybridized carbons (Fsp3) is 0.667. The normalized spacial score (nSPS) is 40.4. The van der Waals surface area contributed by atoms with Gasteiger partial charge in [0.05, 0.1) is 37.5 Å². The molecule has 1 aliphatic heterocycles. The van der Waals surface area contributed by atoms with Gasteiger partial charge in [-0.2, -0.15) is 0 Å². The number of hydrogen-bond acceptors (Lipinski definition) is 7. The topological polar surface area (TPSA) is 132 Å². The number of Topliss-reactive ketones (excluding diaryl/α,β-unsaturated/α-hetero) is 1. The highest BCUT2D eigenvalue weighted by Crippen LogP contribution is 2.65. The van der Waals surface area contributed by atoms with E-state index in [1.807, 2.05) is 13.8 Å². The van der Waals surface area contributed by atoms with Crippen molar-refractivity contribution in [3.05, 3.63) is 34.6 Å². The van der Waals surface area contributed by atoms with Crippen molar-refractivity contribution in [3.63, 3.8) is 0 Å². The van der Waals surface area contributed by atoms with Crippen LogP contribution in [0.1, 0.15) is 51.2 Å². The number of ketones is 1. The van der Waals surface area contributed by atoms with E-state index in [1.165, 1.54) is 19.6 Å². The molecule has 0 N–H and O–H groups in total. The zero-order valence-corrected chi connectivity index (χ0v) is 17.2. The van der Waals surface area contributed by atoms with Crippen LogP contribution < -0.4 is 0 Å². The smallest absolute Gasteiger partial charge is 0.310 e. The van der Waals surface area contributed by atoms with E-state index in [4.69, 9.17) is 19.4 Å². The molecule has 1 aromatic heterocycles. The molecular formula is C21H25N3O6. The lowest BCUT2D eigenvalue weighted by atomic mass is 9.43. The molecule has 0 aromatic carbocycles. The third-order valence-corrected chi connectivity index (χ3v) is 7.71. The van der Waals surface area contributed by atoms with Crippen LogP contribution in [0.3, 0.4) is 0 Å². The summed E-state index contributed by atoms with van der Waals surface area (Å²) < 4.78 is 15.9. The van der Waals surface area contributed by atoms with E-state index in [9.17, 15) is 14.4 Å². The van der Waals surface area contributed by atoms with E-state index < -0.39 is 46.7 Å². The molecule has 0 radical (unpaired) electrons. The van der Waals surface area contributed by atoms with E-state index in [-0.39, 0.29) is 18.2 Å². The molecule has 2 unspecified atom stereocenters. The molecule has 0 bridgehead atoms. The van der Waals surface area contributed by atoms with Crippen molar-refractivity contribution in [2.24, 2.45) is 33.7 Å². The first-order chi connectivity index (χ1) is 14.3. The van der Waals surface area contributed by atoms with Gasteiger partial charge in [-0.25, -0.2) is 0 Å². The van der Waals surface area contributed by atoms with Crippen LogP contribution >= 0.6 is 0 Å². The van der Waals surface area contributed by atoms with Gasteiger partial charge < -0.3 is 13.9 Å². The lowest BCUT2D eigenvalue weighted by Gasteiger charge is -2.61. The molecule has 1 aromatic rings. The van der Waals surface area contributed by atoms with Gasteiger partial charge in [0.1, 0.15) is 11.9 Å². The lowest BCUT2D eigenvalue weighted by Crippen LogP contribution is -2.64. The largest absolute Gasteiger partial charge is 0.472 e. The molecule has 2 aliphatic carbocycles. The van der Waals surface area contributed by atoms with Crippen LogP contribution in [0.25, 0.3) is 10.4 Å². The number of methoxy groups -OCH3 is 1. The zero-order valence-electron chi connectivity index (χ0n) is 17.2. The summed E-state index contributed by atoms with van der Waals surface area (Å²) in [5.41, 5.74) is 8.27. The predicted molar refractivity (Wildman–Crippen MR) is 103 cm³/mol. The predicted octanol–water partition coefficient (Wildman–Crippen LogP) is 3.75. The fourth-order valence-electron chi connectivity index (χ4n) is 6.34. The molecule has 1 saturated heterocycles. The second kappa shape index (κ2) is 7.16. The highest BCUT2D eigenvalue weighted by atomic mass is 16.5. The molecule has 3 aliphatic rings. The summed E-state index contributed by atoms with van der Waals surface area (Å²) in [6.45, 7) is 3.86. The van der Waals surface area contributed by atoms with Crippen LogP contribution in [0.2, 0.25) is 0 Å². The first kappa shape index (κ1) is 20.5. The van der Waals surface area contributed by atoms with E-state index in [2.05, 4.69) is 10.0 Å². The van der Waals surface area contributed by atoms with Gasteiger partial charge in [-0.3, -0.25) is 14.4 Å². The highest BCUT2D eigenvalue weighted by Gasteiger charge is 2.67. The molecule has 2 saturated carbocycles. The standard InChI is InChI=1S/C21H25N3O6/c1-20-6-4-12-19(27)30-15(11-5-7-29-10-11)9-21(12,2)17(20)16(25)14(23-24-22)8-13(20)18(26)28-3/h5,7,10,12-15,17H,4,6,8-9H2,1-3H3/t12?,13-,14+,15-,17?,20-,21-/m0/s1. The van der Waals surface area contributed by atoms with E-state index in [0.717, 1.165) is 5.56 Å². The van der Waals surface area contributed by atoms with Crippen LogP contribution in [-0.4, -0.2) is 30.9 Å². The third kappa shape index (κ3) is 2.83. The minimum Gasteiger partial charge on any atom is -0.472 e. The first-order valence-corrected chi connectivity index (χ1v) is 10.1. The molecule has 2 heterocycles. The lowest BCUT2D eigenvalue weighted by molar-refractivity contribution is -0.203. The number of fused-ring (bicyclic) bond motifs is 3. The Balaban J connectivity index is 1.82. The SMILES string of the molecule is COC(=O)[C@@H]1C[C@@H](N=[N+]=[N-])C(=O)C2[C@@]3(C)C[C@@H](c4ccoc4)OC(=O)C3CC[C@]21C. The van der Waals surface area contributed by atoms with Gasteiger partial charge in [0.2, 0.25) is 0 Å². The van der Waals surface area contributed by atoms with Crippen molar-refractivity contribution < 1.29 is 28.3 Å². The Morgan fingerprint density at radius 2 is 2.10 bits per heavy atom.